The van der Waals surface area contributed by atoms with E-state index in [2.05, 4.69) is 48.9 Å². The molecule has 0 atom stereocenters. The van der Waals surface area contributed by atoms with Crippen LogP contribution in [0.4, 0.5) is 5.69 Å². The summed E-state index contributed by atoms with van der Waals surface area (Å²) in [4.78, 5) is 2.31. The van der Waals surface area contributed by atoms with E-state index in [-0.39, 0.29) is 18.5 Å². The molecule has 16 heavy (non-hydrogen) atoms. The zero-order valence-corrected chi connectivity index (χ0v) is 12.7. The lowest BCUT2D eigenvalue weighted by molar-refractivity contribution is 0.145. The van der Waals surface area contributed by atoms with Crippen molar-refractivity contribution in [3.05, 3.63) is 27.1 Å². The first-order valence-electron chi connectivity index (χ1n) is 5.04. The quantitative estimate of drug-likeness (QED) is 0.815. The molecule has 1 heterocycles. The molecule has 0 spiro atoms. The fourth-order valence-electron chi connectivity index (χ4n) is 1.85. The van der Waals surface area contributed by atoms with Crippen molar-refractivity contribution in [1.29, 1.82) is 0 Å². The van der Waals surface area contributed by atoms with Crippen LogP contribution in [0.3, 0.4) is 0 Å². The van der Waals surface area contributed by atoms with Gasteiger partial charge in [-0.15, -0.1) is 12.4 Å². The second kappa shape index (κ2) is 6.24. The van der Waals surface area contributed by atoms with Crippen LogP contribution in [-0.4, -0.2) is 24.3 Å². The van der Waals surface area contributed by atoms with E-state index in [0.717, 1.165) is 34.9 Å². The van der Waals surface area contributed by atoms with Gasteiger partial charge in [-0.2, -0.15) is 0 Å². The van der Waals surface area contributed by atoms with Crippen LogP contribution in [0.1, 0.15) is 12.8 Å². The van der Waals surface area contributed by atoms with E-state index in [1.807, 2.05) is 6.07 Å². The molecule has 1 aromatic rings. The first-order valence-corrected chi connectivity index (χ1v) is 6.63. The van der Waals surface area contributed by atoms with Gasteiger partial charge < -0.3 is 10.0 Å². The highest BCUT2D eigenvalue weighted by atomic mass is 79.9. The number of anilines is 1. The van der Waals surface area contributed by atoms with Gasteiger partial charge in [-0.1, -0.05) is 31.9 Å². The lowest BCUT2D eigenvalue weighted by Gasteiger charge is -2.31. The molecule has 0 aromatic heterocycles. The summed E-state index contributed by atoms with van der Waals surface area (Å²) >= 11 is 6.97. The van der Waals surface area contributed by atoms with Crippen LogP contribution < -0.4 is 4.90 Å². The molecule has 1 N–H and O–H groups in total. The summed E-state index contributed by atoms with van der Waals surface area (Å²) in [6, 6.07) is 6.26. The predicted molar refractivity (Wildman–Crippen MR) is 76.5 cm³/mol. The van der Waals surface area contributed by atoms with Gasteiger partial charge in [0.1, 0.15) is 0 Å². The van der Waals surface area contributed by atoms with E-state index < -0.39 is 0 Å². The average Bonchev–Trinajstić information content (AvgIpc) is 2.17. The van der Waals surface area contributed by atoms with Crippen molar-refractivity contribution < 1.29 is 5.11 Å². The first kappa shape index (κ1) is 14.3. The molecule has 90 valence electrons. The number of nitrogens with zero attached hydrogens (tertiary/aromatic N) is 1. The molecule has 1 saturated heterocycles. The molecule has 5 heteroatoms. The number of rotatable bonds is 1. The zero-order chi connectivity index (χ0) is 10.8. The molecular formula is C11H14Br2ClNO. The number of halogens is 3. The van der Waals surface area contributed by atoms with E-state index in [0.29, 0.717) is 0 Å². The van der Waals surface area contributed by atoms with E-state index in [1.54, 1.807) is 0 Å². The van der Waals surface area contributed by atoms with Crippen molar-refractivity contribution in [3.8, 4) is 0 Å². The van der Waals surface area contributed by atoms with Crippen molar-refractivity contribution in [2.24, 2.45) is 0 Å². The number of benzene rings is 1. The number of aliphatic hydroxyl groups is 1. The van der Waals surface area contributed by atoms with Gasteiger partial charge >= 0.3 is 0 Å². The van der Waals surface area contributed by atoms with Crippen molar-refractivity contribution in [3.63, 3.8) is 0 Å². The van der Waals surface area contributed by atoms with Gasteiger partial charge in [0.05, 0.1) is 6.10 Å². The number of hydrogen-bond acceptors (Lipinski definition) is 2. The summed E-state index contributed by atoms with van der Waals surface area (Å²) in [7, 11) is 0. The van der Waals surface area contributed by atoms with Crippen LogP contribution >= 0.6 is 44.3 Å². The van der Waals surface area contributed by atoms with Gasteiger partial charge in [0.25, 0.3) is 0 Å². The molecule has 0 bridgehead atoms. The van der Waals surface area contributed by atoms with E-state index in [1.165, 1.54) is 5.69 Å². The fraction of sp³-hybridized carbons (Fsp3) is 0.455. The molecule has 0 aliphatic carbocycles. The first-order chi connectivity index (χ1) is 7.15. The van der Waals surface area contributed by atoms with Crippen LogP contribution in [0.15, 0.2) is 27.1 Å². The molecule has 1 aliphatic heterocycles. The lowest BCUT2D eigenvalue weighted by Crippen LogP contribution is -2.35. The van der Waals surface area contributed by atoms with Gasteiger partial charge in [-0.3, -0.25) is 0 Å². The van der Waals surface area contributed by atoms with Gasteiger partial charge in [0.15, 0.2) is 0 Å². The van der Waals surface area contributed by atoms with Crippen molar-refractivity contribution in [1.82, 2.24) is 0 Å². The van der Waals surface area contributed by atoms with Crippen molar-refractivity contribution in [2.45, 2.75) is 18.9 Å². The minimum absolute atomic E-state index is 0. The molecule has 1 aliphatic rings. The zero-order valence-electron chi connectivity index (χ0n) is 8.70. The Balaban J connectivity index is 0.00000128. The minimum atomic E-state index is -0.114. The maximum absolute atomic E-state index is 9.44. The number of aliphatic hydroxyl groups excluding tert-OH is 1. The third kappa shape index (κ3) is 3.62. The molecule has 0 unspecified atom stereocenters. The maximum atomic E-state index is 9.44. The standard InChI is InChI=1S/C11H13Br2NO.ClH/c12-8-5-9(13)7-10(6-8)14-3-1-11(15)2-4-14;/h5-7,11,15H,1-4H2;1H. The smallest absolute Gasteiger partial charge is 0.0574 e. The third-order valence-electron chi connectivity index (χ3n) is 2.68. The normalized spacial score (nSPS) is 17.1. The molecule has 2 rings (SSSR count). The molecule has 0 radical (unpaired) electrons. The summed E-state index contributed by atoms with van der Waals surface area (Å²) in [5.41, 5.74) is 1.21. The van der Waals surface area contributed by atoms with E-state index >= 15 is 0 Å². The molecule has 0 saturated carbocycles. The molecule has 1 aromatic carbocycles. The maximum Gasteiger partial charge on any atom is 0.0574 e. The Morgan fingerprint density at radius 3 is 2.06 bits per heavy atom. The number of piperidine rings is 1. The number of hydrogen-bond donors (Lipinski definition) is 1. The van der Waals surface area contributed by atoms with Crippen LogP contribution in [0, 0.1) is 0 Å². The van der Waals surface area contributed by atoms with Crippen molar-refractivity contribution in [2.75, 3.05) is 18.0 Å². The Labute approximate surface area is 119 Å². The fourth-order valence-corrected chi connectivity index (χ4v) is 3.12. The second-order valence-electron chi connectivity index (χ2n) is 3.85. The van der Waals surface area contributed by atoms with Crippen LogP contribution in [0.5, 0.6) is 0 Å². The average molecular weight is 372 g/mol. The Bertz CT molecular complexity index is 334. The van der Waals surface area contributed by atoms with Gasteiger partial charge in [-0.05, 0) is 31.0 Å². The van der Waals surface area contributed by atoms with Gasteiger partial charge in [0.2, 0.25) is 0 Å². The van der Waals surface area contributed by atoms with Crippen LogP contribution in [0.2, 0.25) is 0 Å². The van der Waals surface area contributed by atoms with Crippen LogP contribution in [0.25, 0.3) is 0 Å². The second-order valence-corrected chi connectivity index (χ2v) is 5.68. The Kier molecular flexibility index (Phi) is 5.57. The Morgan fingerprint density at radius 2 is 1.56 bits per heavy atom. The summed E-state index contributed by atoms with van der Waals surface area (Å²) in [6.45, 7) is 1.87. The van der Waals surface area contributed by atoms with E-state index in [4.69, 9.17) is 0 Å². The summed E-state index contributed by atoms with van der Waals surface area (Å²) in [5, 5.41) is 9.44. The minimum Gasteiger partial charge on any atom is -0.393 e. The molecular weight excluding hydrogens is 357 g/mol. The monoisotopic (exact) mass is 369 g/mol. The SMILES string of the molecule is Cl.OC1CCN(c2cc(Br)cc(Br)c2)CC1. The third-order valence-corrected chi connectivity index (χ3v) is 3.59. The van der Waals surface area contributed by atoms with Gasteiger partial charge in [-0.25, -0.2) is 0 Å². The topological polar surface area (TPSA) is 23.5 Å². The highest BCUT2D eigenvalue weighted by molar-refractivity contribution is 9.11. The van der Waals surface area contributed by atoms with Gasteiger partial charge in [0, 0.05) is 27.7 Å². The largest absolute Gasteiger partial charge is 0.393 e. The van der Waals surface area contributed by atoms with E-state index in [9.17, 15) is 5.11 Å². The summed E-state index contributed by atoms with van der Waals surface area (Å²) in [6.07, 6.45) is 1.62. The van der Waals surface area contributed by atoms with Crippen molar-refractivity contribution >= 4 is 50.0 Å². The Hall–Kier alpha value is 0.230. The lowest BCUT2D eigenvalue weighted by atomic mass is 10.1. The summed E-state index contributed by atoms with van der Waals surface area (Å²) in [5.74, 6) is 0. The highest BCUT2D eigenvalue weighted by Crippen LogP contribution is 2.27. The highest BCUT2D eigenvalue weighted by Gasteiger charge is 2.17. The predicted octanol–water partition coefficient (Wildman–Crippen LogP) is 3.59. The van der Waals surface area contributed by atoms with Crippen LogP contribution in [-0.2, 0) is 0 Å². The molecule has 0 amide bonds. The molecule has 2 nitrogen and oxygen atoms in total. The summed E-state index contributed by atoms with van der Waals surface area (Å²) < 4.78 is 2.16. The molecule has 1 fully saturated rings. The Morgan fingerprint density at radius 1 is 1.06 bits per heavy atom.